The number of hydrogen-bond acceptors (Lipinski definition) is 5. The highest BCUT2D eigenvalue weighted by molar-refractivity contribution is 6.31. The molecule has 0 aliphatic heterocycles. The second-order valence-electron chi connectivity index (χ2n) is 7.97. The summed E-state index contributed by atoms with van der Waals surface area (Å²) in [6, 6.07) is 5.48. The Kier molecular flexibility index (Phi) is 10.6. The van der Waals surface area contributed by atoms with Crippen LogP contribution in [0.25, 0.3) is 10.8 Å². The van der Waals surface area contributed by atoms with Crippen molar-refractivity contribution in [2.45, 2.75) is 47.6 Å². The summed E-state index contributed by atoms with van der Waals surface area (Å²) in [6.45, 7) is 14.2. The van der Waals surface area contributed by atoms with E-state index in [9.17, 15) is 9.90 Å². The Bertz CT molecular complexity index is 1220. The Morgan fingerprint density at radius 3 is 2.57 bits per heavy atom. The highest BCUT2D eigenvalue weighted by Gasteiger charge is 2.18. The van der Waals surface area contributed by atoms with Crippen molar-refractivity contribution in [1.82, 2.24) is 20.2 Å². The van der Waals surface area contributed by atoms with Crippen molar-refractivity contribution < 1.29 is 9.90 Å². The molecule has 0 saturated heterocycles. The number of hydrogen-bond donors (Lipinski definition) is 4. The SMILES string of the molecule is CC.CCN(CC)CC(O)CNC(=O)c1[nH]c(C#Cc2c(N)ncc3ccc(Cl)cc23)c(C)c1C. The van der Waals surface area contributed by atoms with Crippen molar-refractivity contribution in [3.63, 3.8) is 0 Å². The number of fused-ring (bicyclic) bond motifs is 1. The lowest BCUT2D eigenvalue weighted by Gasteiger charge is -2.21. The predicted molar refractivity (Wildman–Crippen MR) is 145 cm³/mol. The van der Waals surface area contributed by atoms with Gasteiger partial charge in [-0.2, -0.15) is 0 Å². The molecule has 188 valence electrons. The Labute approximate surface area is 213 Å². The molecular formula is C27H36ClN5O2. The molecule has 0 aliphatic carbocycles. The van der Waals surface area contributed by atoms with Gasteiger partial charge in [0.1, 0.15) is 11.5 Å². The highest BCUT2D eigenvalue weighted by Crippen LogP contribution is 2.25. The molecule has 0 radical (unpaired) electrons. The number of nitrogens with two attached hydrogens (primary N) is 1. The van der Waals surface area contributed by atoms with Gasteiger partial charge in [0.05, 0.1) is 17.4 Å². The van der Waals surface area contributed by atoms with Crippen LogP contribution in [0.5, 0.6) is 0 Å². The number of likely N-dealkylation sites (N-methyl/N-ethyl adjacent to an activating group) is 1. The molecule has 3 rings (SSSR count). The number of carbonyl (C=O) groups is 1. The third-order valence-electron chi connectivity index (χ3n) is 5.85. The van der Waals surface area contributed by atoms with Gasteiger partial charge in [0.25, 0.3) is 5.91 Å². The van der Waals surface area contributed by atoms with Crippen LogP contribution >= 0.6 is 11.6 Å². The molecule has 3 aromatic rings. The van der Waals surface area contributed by atoms with Gasteiger partial charge in [0.2, 0.25) is 0 Å². The van der Waals surface area contributed by atoms with Gasteiger partial charge < -0.3 is 26.0 Å². The monoisotopic (exact) mass is 497 g/mol. The first kappa shape index (κ1) is 28.2. The molecule has 2 aromatic heterocycles. The second kappa shape index (κ2) is 13.1. The van der Waals surface area contributed by atoms with Crippen LogP contribution in [0.4, 0.5) is 5.82 Å². The first-order chi connectivity index (χ1) is 16.7. The molecule has 1 amide bonds. The van der Waals surface area contributed by atoms with Crippen LogP contribution in [0.2, 0.25) is 5.02 Å². The van der Waals surface area contributed by atoms with Crippen LogP contribution in [0.1, 0.15) is 60.6 Å². The van der Waals surface area contributed by atoms with E-state index in [1.165, 1.54) is 0 Å². The lowest BCUT2D eigenvalue weighted by molar-refractivity contribution is 0.0865. The summed E-state index contributed by atoms with van der Waals surface area (Å²) in [6.07, 6.45) is 1.05. The van der Waals surface area contributed by atoms with Gasteiger partial charge in [-0.05, 0) is 56.1 Å². The number of aromatic amines is 1. The minimum Gasteiger partial charge on any atom is -0.390 e. The number of halogens is 1. The zero-order valence-electron chi connectivity index (χ0n) is 21.4. The average Bonchev–Trinajstić information content (AvgIpc) is 3.15. The molecule has 5 N–H and O–H groups in total. The molecule has 35 heavy (non-hydrogen) atoms. The number of amides is 1. The summed E-state index contributed by atoms with van der Waals surface area (Å²) >= 11 is 6.16. The molecule has 7 nitrogen and oxygen atoms in total. The minimum absolute atomic E-state index is 0.173. The first-order valence-corrected chi connectivity index (χ1v) is 12.4. The van der Waals surface area contributed by atoms with Gasteiger partial charge in [-0.25, -0.2) is 4.98 Å². The van der Waals surface area contributed by atoms with Crippen molar-refractivity contribution in [2.75, 3.05) is 31.9 Å². The van der Waals surface area contributed by atoms with E-state index in [-0.39, 0.29) is 12.5 Å². The molecule has 0 bridgehead atoms. The number of pyridine rings is 1. The highest BCUT2D eigenvalue weighted by atomic mass is 35.5. The van der Waals surface area contributed by atoms with Crippen molar-refractivity contribution in [3.05, 3.63) is 57.5 Å². The number of anilines is 1. The van der Waals surface area contributed by atoms with Crippen LogP contribution in [-0.2, 0) is 0 Å². The number of nitrogens with one attached hydrogen (secondary N) is 2. The lowest BCUT2D eigenvalue weighted by Crippen LogP contribution is -2.40. The van der Waals surface area contributed by atoms with Gasteiger partial charge in [-0.3, -0.25) is 4.79 Å². The fourth-order valence-electron chi connectivity index (χ4n) is 3.64. The third-order valence-corrected chi connectivity index (χ3v) is 6.08. The molecule has 0 aliphatic rings. The number of benzene rings is 1. The molecule has 0 fully saturated rings. The van der Waals surface area contributed by atoms with Crippen LogP contribution in [0, 0.1) is 25.7 Å². The fourth-order valence-corrected chi connectivity index (χ4v) is 3.81. The first-order valence-electron chi connectivity index (χ1n) is 12.0. The third kappa shape index (κ3) is 6.98. The molecule has 8 heteroatoms. The molecule has 0 spiro atoms. The summed E-state index contributed by atoms with van der Waals surface area (Å²) in [4.78, 5) is 22.2. The van der Waals surface area contributed by atoms with Crippen LogP contribution < -0.4 is 11.1 Å². The summed E-state index contributed by atoms with van der Waals surface area (Å²) < 4.78 is 0. The van der Waals surface area contributed by atoms with Crippen LogP contribution in [0.15, 0.2) is 24.4 Å². The molecule has 1 unspecified atom stereocenters. The van der Waals surface area contributed by atoms with Crippen molar-refractivity contribution in [2.24, 2.45) is 0 Å². The quantitative estimate of drug-likeness (QED) is 0.364. The molecule has 2 heterocycles. The van der Waals surface area contributed by atoms with Crippen molar-refractivity contribution in [1.29, 1.82) is 0 Å². The van der Waals surface area contributed by atoms with E-state index in [1.54, 1.807) is 12.3 Å². The molecular weight excluding hydrogens is 462 g/mol. The van der Waals surface area contributed by atoms with E-state index in [0.29, 0.717) is 34.3 Å². The lowest BCUT2D eigenvalue weighted by atomic mass is 10.1. The number of aliphatic hydroxyl groups excluding tert-OH is 1. The van der Waals surface area contributed by atoms with Crippen LogP contribution in [-0.4, -0.2) is 58.2 Å². The number of aromatic nitrogens is 2. The topological polar surface area (TPSA) is 107 Å². The largest absolute Gasteiger partial charge is 0.390 e. The fraction of sp³-hybridized carbons (Fsp3) is 0.407. The maximum atomic E-state index is 12.7. The number of aliphatic hydroxyl groups is 1. The zero-order valence-corrected chi connectivity index (χ0v) is 22.2. The summed E-state index contributed by atoms with van der Waals surface area (Å²) in [7, 11) is 0. The Balaban J connectivity index is 0.00000210. The molecule has 1 aromatic carbocycles. The van der Waals surface area contributed by atoms with Gasteiger partial charge in [0.15, 0.2) is 0 Å². The summed E-state index contributed by atoms with van der Waals surface area (Å²) in [5, 5.41) is 15.3. The van der Waals surface area contributed by atoms with E-state index in [4.69, 9.17) is 17.3 Å². The van der Waals surface area contributed by atoms with Gasteiger partial charge in [-0.1, -0.05) is 51.3 Å². The van der Waals surface area contributed by atoms with E-state index in [2.05, 4.69) is 32.0 Å². The minimum atomic E-state index is -0.641. The maximum Gasteiger partial charge on any atom is 0.268 e. The van der Waals surface area contributed by atoms with E-state index < -0.39 is 6.10 Å². The Hall–Kier alpha value is -3.05. The molecule has 0 saturated carbocycles. The Morgan fingerprint density at radius 1 is 1.23 bits per heavy atom. The second-order valence-corrected chi connectivity index (χ2v) is 8.41. The average molecular weight is 498 g/mol. The number of H-pyrrole nitrogens is 1. The number of nitrogen functional groups attached to an aromatic ring is 1. The van der Waals surface area contributed by atoms with Crippen molar-refractivity contribution >= 4 is 34.1 Å². The van der Waals surface area contributed by atoms with E-state index >= 15 is 0 Å². The van der Waals surface area contributed by atoms with Gasteiger partial charge in [-0.15, -0.1) is 0 Å². The summed E-state index contributed by atoms with van der Waals surface area (Å²) in [5.74, 6) is 6.24. The molecule has 1 atom stereocenters. The van der Waals surface area contributed by atoms with Gasteiger partial charge in [0, 0.05) is 35.1 Å². The number of rotatable bonds is 7. The smallest absolute Gasteiger partial charge is 0.268 e. The van der Waals surface area contributed by atoms with E-state index in [1.807, 2.05) is 53.7 Å². The van der Waals surface area contributed by atoms with Crippen molar-refractivity contribution in [3.8, 4) is 11.8 Å². The zero-order chi connectivity index (χ0) is 26.1. The van der Waals surface area contributed by atoms with Crippen LogP contribution in [0.3, 0.4) is 0 Å². The van der Waals surface area contributed by atoms with Gasteiger partial charge >= 0.3 is 0 Å². The maximum absolute atomic E-state index is 12.7. The summed E-state index contributed by atoms with van der Waals surface area (Å²) in [5.41, 5.74) is 9.41. The number of carbonyl (C=O) groups excluding carboxylic acids is 1. The standard InChI is InChI=1S/C25H30ClN5O2.C2H6/c1-5-31(6-2)14-19(32)13-29-25(33)23-16(4)15(3)22(30-23)10-9-20-21-11-18(26)8-7-17(21)12-28-24(20)27;1-2/h7-8,11-12,19,30,32H,5-6,13-14H2,1-4H3,(H2,27,28)(H,29,33);1-2H3. The Morgan fingerprint density at radius 2 is 1.91 bits per heavy atom. The normalized spacial score (nSPS) is 11.5. The number of nitrogens with zero attached hydrogens (tertiary/aromatic N) is 2. The van der Waals surface area contributed by atoms with E-state index in [0.717, 1.165) is 35.0 Å². The predicted octanol–water partition coefficient (Wildman–Crippen LogP) is 4.27.